The number of hydrogen-bond acceptors (Lipinski definition) is 3. The summed E-state index contributed by atoms with van der Waals surface area (Å²) in [6, 6.07) is 7.43. The first kappa shape index (κ1) is 14.5. The summed E-state index contributed by atoms with van der Waals surface area (Å²) in [6.45, 7) is 4.50. The fraction of sp³-hybridized carbons (Fsp3) is 0.353. The van der Waals surface area contributed by atoms with Gasteiger partial charge in [-0.2, -0.15) is 0 Å². The highest BCUT2D eigenvalue weighted by atomic mass is 16.5. The zero-order chi connectivity index (χ0) is 15.7. The molecule has 22 heavy (non-hydrogen) atoms. The van der Waals surface area contributed by atoms with Crippen LogP contribution < -0.4 is 14.8 Å². The topological polar surface area (TPSA) is 52.5 Å². The molecule has 3 rings (SSSR count). The summed E-state index contributed by atoms with van der Waals surface area (Å²) in [7, 11) is 1.84. The summed E-state index contributed by atoms with van der Waals surface area (Å²) in [4.78, 5) is 12.4. The highest BCUT2D eigenvalue weighted by Crippen LogP contribution is 2.38. The van der Waals surface area contributed by atoms with Crippen molar-refractivity contribution >= 4 is 11.6 Å². The lowest BCUT2D eigenvalue weighted by molar-refractivity contribution is 0.101. The molecular formula is C17H20N2O3. The molecule has 1 unspecified atom stereocenters. The van der Waals surface area contributed by atoms with Gasteiger partial charge in [0.25, 0.3) is 5.91 Å². The maximum atomic E-state index is 12.4. The van der Waals surface area contributed by atoms with Crippen LogP contribution in [0.25, 0.3) is 0 Å². The predicted octanol–water partition coefficient (Wildman–Crippen LogP) is 3.00. The van der Waals surface area contributed by atoms with E-state index in [1.165, 1.54) is 0 Å². The molecule has 0 saturated carbocycles. The first-order valence-electron chi connectivity index (χ1n) is 7.47. The van der Waals surface area contributed by atoms with E-state index in [1.54, 1.807) is 10.6 Å². The van der Waals surface area contributed by atoms with Crippen molar-refractivity contribution in [2.75, 3.05) is 11.9 Å². The van der Waals surface area contributed by atoms with E-state index in [0.29, 0.717) is 23.7 Å². The molecule has 0 spiro atoms. The number of ether oxygens (including phenoxy) is 2. The van der Waals surface area contributed by atoms with Crippen molar-refractivity contribution < 1.29 is 14.3 Å². The number of amides is 1. The SMILES string of the molecule is CCOc1cc2c(cc1NC(=O)c1cccn1C)OC(C)C2. The highest BCUT2D eigenvalue weighted by Gasteiger charge is 2.23. The second-order valence-corrected chi connectivity index (χ2v) is 5.48. The van der Waals surface area contributed by atoms with Crippen LogP contribution in [-0.2, 0) is 13.5 Å². The lowest BCUT2D eigenvalue weighted by Crippen LogP contribution is -2.16. The molecule has 5 heteroatoms. The van der Waals surface area contributed by atoms with Crippen molar-refractivity contribution in [3.63, 3.8) is 0 Å². The second kappa shape index (κ2) is 5.75. The minimum atomic E-state index is -0.167. The third-order valence-corrected chi connectivity index (χ3v) is 3.72. The number of nitrogens with zero attached hydrogens (tertiary/aromatic N) is 1. The number of fused-ring (bicyclic) bond motifs is 1. The maximum absolute atomic E-state index is 12.4. The Kier molecular flexibility index (Phi) is 3.79. The Bertz CT molecular complexity index is 706. The van der Waals surface area contributed by atoms with E-state index in [9.17, 15) is 4.79 Å². The Hall–Kier alpha value is -2.43. The van der Waals surface area contributed by atoms with Crippen molar-refractivity contribution in [1.82, 2.24) is 4.57 Å². The van der Waals surface area contributed by atoms with Crippen LogP contribution in [0, 0.1) is 0 Å². The van der Waals surface area contributed by atoms with Crippen molar-refractivity contribution in [1.29, 1.82) is 0 Å². The van der Waals surface area contributed by atoms with E-state index in [2.05, 4.69) is 5.32 Å². The van der Waals surface area contributed by atoms with E-state index in [1.807, 2.05) is 45.3 Å². The van der Waals surface area contributed by atoms with E-state index in [4.69, 9.17) is 9.47 Å². The van der Waals surface area contributed by atoms with Gasteiger partial charge in [-0.3, -0.25) is 4.79 Å². The first-order valence-corrected chi connectivity index (χ1v) is 7.47. The average Bonchev–Trinajstić information content (AvgIpc) is 3.04. The van der Waals surface area contributed by atoms with Crippen LogP contribution in [0.15, 0.2) is 30.5 Å². The van der Waals surface area contributed by atoms with Gasteiger partial charge in [-0.05, 0) is 32.0 Å². The number of benzene rings is 1. The molecule has 1 atom stereocenters. The summed E-state index contributed by atoms with van der Waals surface area (Å²) < 4.78 is 13.2. The fourth-order valence-corrected chi connectivity index (χ4v) is 2.70. The normalized spacial score (nSPS) is 16.0. The monoisotopic (exact) mass is 300 g/mol. The van der Waals surface area contributed by atoms with E-state index < -0.39 is 0 Å². The summed E-state index contributed by atoms with van der Waals surface area (Å²) in [6.07, 6.45) is 2.86. The zero-order valence-electron chi connectivity index (χ0n) is 13.1. The quantitative estimate of drug-likeness (QED) is 0.944. The Morgan fingerprint density at radius 2 is 2.32 bits per heavy atom. The molecular weight excluding hydrogens is 280 g/mol. The largest absolute Gasteiger partial charge is 0.492 e. The number of anilines is 1. The van der Waals surface area contributed by atoms with Gasteiger partial charge in [0, 0.05) is 31.3 Å². The van der Waals surface area contributed by atoms with Crippen molar-refractivity contribution in [3.8, 4) is 11.5 Å². The molecule has 5 nitrogen and oxygen atoms in total. The van der Waals surface area contributed by atoms with Gasteiger partial charge in [-0.1, -0.05) is 0 Å². The molecule has 1 N–H and O–H groups in total. The number of nitrogens with one attached hydrogen (secondary N) is 1. The molecule has 1 amide bonds. The number of carbonyl (C=O) groups excluding carboxylic acids is 1. The first-order chi connectivity index (χ1) is 10.6. The molecule has 2 aromatic rings. The lowest BCUT2D eigenvalue weighted by Gasteiger charge is -2.13. The van der Waals surface area contributed by atoms with Crippen LogP contribution in [-0.4, -0.2) is 23.2 Å². The molecule has 1 aliphatic heterocycles. The van der Waals surface area contributed by atoms with E-state index >= 15 is 0 Å². The summed E-state index contributed by atoms with van der Waals surface area (Å²) in [5, 5.41) is 2.92. The fourth-order valence-electron chi connectivity index (χ4n) is 2.70. The van der Waals surface area contributed by atoms with Crippen LogP contribution in [0.2, 0.25) is 0 Å². The summed E-state index contributed by atoms with van der Waals surface area (Å²) in [5.41, 5.74) is 2.35. The number of aryl methyl sites for hydroxylation is 1. The van der Waals surface area contributed by atoms with Gasteiger partial charge in [0.15, 0.2) is 0 Å². The molecule has 0 saturated heterocycles. The molecule has 1 aromatic carbocycles. The van der Waals surface area contributed by atoms with Crippen molar-refractivity contribution in [2.45, 2.75) is 26.4 Å². The highest BCUT2D eigenvalue weighted by molar-refractivity contribution is 6.04. The smallest absolute Gasteiger partial charge is 0.272 e. The molecule has 0 aliphatic carbocycles. The number of carbonyl (C=O) groups is 1. The lowest BCUT2D eigenvalue weighted by atomic mass is 10.1. The van der Waals surface area contributed by atoms with Crippen LogP contribution in [0.1, 0.15) is 29.9 Å². The average molecular weight is 300 g/mol. The molecule has 0 fully saturated rings. The Morgan fingerprint density at radius 1 is 1.50 bits per heavy atom. The maximum Gasteiger partial charge on any atom is 0.272 e. The minimum Gasteiger partial charge on any atom is -0.492 e. The number of hydrogen-bond donors (Lipinski definition) is 1. The molecule has 1 aliphatic rings. The Morgan fingerprint density at radius 3 is 3.00 bits per heavy atom. The van der Waals surface area contributed by atoms with Crippen LogP contribution in [0.4, 0.5) is 5.69 Å². The van der Waals surface area contributed by atoms with Gasteiger partial charge in [0.1, 0.15) is 23.3 Å². The summed E-state index contributed by atoms with van der Waals surface area (Å²) >= 11 is 0. The minimum absolute atomic E-state index is 0.156. The van der Waals surface area contributed by atoms with Crippen LogP contribution in [0.3, 0.4) is 0 Å². The van der Waals surface area contributed by atoms with E-state index in [0.717, 1.165) is 17.7 Å². The Labute approximate surface area is 129 Å². The molecule has 1 aromatic heterocycles. The molecule has 2 heterocycles. The van der Waals surface area contributed by atoms with Gasteiger partial charge in [0.05, 0.1) is 12.3 Å². The molecule has 0 bridgehead atoms. The Balaban J connectivity index is 1.91. The molecule has 0 radical (unpaired) electrons. The third kappa shape index (κ3) is 2.66. The van der Waals surface area contributed by atoms with Crippen LogP contribution >= 0.6 is 0 Å². The third-order valence-electron chi connectivity index (χ3n) is 3.72. The number of aromatic nitrogens is 1. The van der Waals surface area contributed by atoms with Crippen molar-refractivity contribution in [2.24, 2.45) is 7.05 Å². The standard InChI is InChI=1S/C17H20N2O3/c1-4-21-16-9-12-8-11(2)22-15(12)10-13(16)18-17(20)14-6-5-7-19(14)3/h5-7,9-11H,4,8H2,1-3H3,(H,18,20). The molecule has 116 valence electrons. The van der Waals surface area contributed by atoms with Gasteiger partial charge in [-0.25, -0.2) is 0 Å². The van der Waals surface area contributed by atoms with Crippen LogP contribution in [0.5, 0.6) is 11.5 Å². The second-order valence-electron chi connectivity index (χ2n) is 5.48. The van der Waals surface area contributed by atoms with Gasteiger partial charge in [-0.15, -0.1) is 0 Å². The van der Waals surface area contributed by atoms with Gasteiger partial charge < -0.3 is 19.4 Å². The zero-order valence-corrected chi connectivity index (χ0v) is 13.1. The predicted molar refractivity (Wildman–Crippen MR) is 84.8 cm³/mol. The summed E-state index contributed by atoms with van der Waals surface area (Å²) in [5.74, 6) is 1.33. The van der Waals surface area contributed by atoms with E-state index in [-0.39, 0.29) is 12.0 Å². The van der Waals surface area contributed by atoms with Gasteiger partial charge >= 0.3 is 0 Å². The van der Waals surface area contributed by atoms with Gasteiger partial charge in [0.2, 0.25) is 0 Å². The number of rotatable bonds is 4. The van der Waals surface area contributed by atoms with Crippen molar-refractivity contribution in [3.05, 3.63) is 41.7 Å².